The lowest BCUT2D eigenvalue weighted by atomic mass is 9.83. The number of hydrogen-bond acceptors (Lipinski definition) is 2. The van der Waals surface area contributed by atoms with Crippen LogP contribution in [0.25, 0.3) is 0 Å². The fourth-order valence-corrected chi connectivity index (χ4v) is 3.85. The van der Waals surface area contributed by atoms with Gasteiger partial charge in [-0.25, -0.2) is 0 Å². The Morgan fingerprint density at radius 3 is 2.74 bits per heavy atom. The zero-order valence-corrected chi connectivity index (χ0v) is 12.0. The molecule has 1 aliphatic carbocycles. The molecule has 0 spiro atoms. The second kappa shape index (κ2) is 6.06. The Morgan fingerprint density at radius 1 is 1.11 bits per heavy atom. The van der Waals surface area contributed by atoms with E-state index in [1.807, 2.05) is 0 Å². The highest BCUT2D eigenvalue weighted by molar-refractivity contribution is 5.15. The van der Waals surface area contributed by atoms with Crippen LogP contribution >= 0.6 is 0 Å². The maximum atomic E-state index is 3.67. The molecule has 104 valence electrons. The van der Waals surface area contributed by atoms with Gasteiger partial charge in [0.05, 0.1) is 0 Å². The Morgan fingerprint density at radius 2 is 1.89 bits per heavy atom. The third-order valence-corrected chi connectivity index (χ3v) is 4.92. The molecule has 2 heteroatoms. The third-order valence-electron chi connectivity index (χ3n) is 4.92. The molecule has 0 aromatic heterocycles. The van der Waals surface area contributed by atoms with E-state index in [4.69, 9.17) is 0 Å². The van der Waals surface area contributed by atoms with E-state index in [0.717, 1.165) is 25.0 Å². The molecule has 1 aromatic carbocycles. The van der Waals surface area contributed by atoms with Crippen molar-refractivity contribution in [3.8, 4) is 0 Å². The Balaban J connectivity index is 1.78. The van der Waals surface area contributed by atoms with Crippen molar-refractivity contribution < 1.29 is 0 Å². The van der Waals surface area contributed by atoms with Crippen LogP contribution in [0.5, 0.6) is 0 Å². The molecule has 0 bridgehead atoms. The highest BCUT2D eigenvalue weighted by Gasteiger charge is 2.34. The minimum absolute atomic E-state index is 0.647. The minimum atomic E-state index is 0.647. The van der Waals surface area contributed by atoms with Crippen molar-refractivity contribution in [1.82, 2.24) is 10.2 Å². The number of rotatable bonds is 2. The molecule has 19 heavy (non-hydrogen) atoms. The van der Waals surface area contributed by atoms with Gasteiger partial charge in [-0.3, -0.25) is 4.90 Å². The summed E-state index contributed by atoms with van der Waals surface area (Å²) in [6.07, 6.45) is 5.65. The van der Waals surface area contributed by atoms with Crippen LogP contribution in [0.4, 0.5) is 0 Å². The lowest BCUT2D eigenvalue weighted by Gasteiger charge is -2.40. The summed E-state index contributed by atoms with van der Waals surface area (Å²) >= 11 is 0. The number of benzene rings is 1. The summed E-state index contributed by atoms with van der Waals surface area (Å²) in [6.45, 7) is 5.86. The van der Waals surface area contributed by atoms with Crippen molar-refractivity contribution in [3.05, 3.63) is 35.9 Å². The van der Waals surface area contributed by atoms with Gasteiger partial charge in [0.1, 0.15) is 0 Å². The van der Waals surface area contributed by atoms with Gasteiger partial charge in [0.25, 0.3) is 0 Å². The van der Waals surface area contributed by atoms with Crippen molar-refractivity contribution in [2.24, 2.45) is 5.92 Å². The molecule has 1 N–H and O–H groups in total. The van der Waals surface area contributed by atoms with Crippen LogP contribution in [-0.4, -0.2) is 30.1 Å². The molecule has 1 saturated carbocycles. The van der Waals surface area contributed by atoms with Gasteiger partial charge in [0, 0.05) is 25.2 Å². The van der Waals surface area contributed by atoms with Gasteiger partial charge >= 0.3 is 0 Å². The van der Waals surface area contributed by atoms with E-state index in [-0.39, 0.29) is 0 Å². The van der Waals surface area contributed by atoms with Crippen LogP contribution < -0.4 is 5.32 Å². The first-order valence-electron chi connectivity index (χ1n) is 7.85. The first-order chi connectivity index (χ1) is 9.34. The minimum Gasteiger partial charge on any atom is -0.315 e. The van der Waals surface area contributed by atoms with Gasteiger partial charge in [-0.15, -0.1) is 0 Å². The normalized spacial score (nSPS) is 32.6. The first-order valence-corrected chi connectivity index (χ1v) is 7.85. The van der Waals surface area contributed by atoms with E-state index in [2.05, 4.69) is 47.5 Å². The molecule has 3 unspecified atom stereocenters. The summed E-state index contributed by atoms with van der Waals surface area (Å²) < 4.78 is 0. The van der Waals surface area contributed by atoms with Crippen LogP contribution in [0, 0.1) is 5.92 Å². The molecule has 0 radical (unpaired) electrons. The second-order valence-corrected chi connectivity index (χ2v) is 6.28. The van der Waals surface area contributed by atoms with Crippen LogP contribution in [0.2, 0.25) is 0 Å². The van der Waals surface area contributed by atoms with E-state index in [9.17, 15) is 0 Å². The van der Waals surface area contributed by atoms with Gasteiger partial charge < -0.3 is 5.32 Å². The quantitative estimate of drug-likeness (QED) is 0.877. The maximum Gasteiger partial charge on any atom is 0.0240 e. The van der Waals surface area contributed by atoms with Crippen molar-refractivity contribution in [2.75, 3.05) is 13.1 Å². The molecule has 1 aliphatic heterocycles. The zero-order valence-electron chi connectivity index (χ0n) is 12.0. The number of fused-ring (bicyclic) bond motifs is 1. The van der Waals surface area contributed by atoms with Crippen molar-refractivity contribution in [3.63, 3.8) is 0 Å². The van der Waals surface area contributed by atoms with E-state index < -0.39 is 0 Å². The first kappa shape index (κ1) is 13.1. The highest BCUT2D eigenvalue weighted by atomic mass is 15.2. The average Bonchev–Trinajstić information content (AvgIpc) is 2.61. The third kappa shape index (κ3) is 3.01. The molecule has 2 fully saturated rings. The molecule has 1 aromatic rings. The van der Waals surface area contributed by atoms with Gasteiger partial charge in [0.15, 0.2) is 0 Å². The van der Waals surface area contributed by atoms with E-state index in [1.165, 1.54) is 37.8 Å². The van der Waals surface area contributed by atoms with E-state index in [1.54, 1.807) is 0 Å². The van der Waals surface area contributed by atoms with Gasteiger partial charge in [-0.1, -0.05) is 43.2 Å². The van der Waals surface area contributed by atoms with Gasteiger partial charge in [-0.2, -0.15) is 0 Å². The lowest BCUT2D eigenvalue weighted by Crippen LogP contribution is -2.46. The largest absolute Gasteiger partial charge is 0.315 e. The molecule has 1 heterocycles. The monoisotopic (exact) mass is 258 g/mol. The lowest BCUT2D eigenvalue weighted by molar-refractivity contribution is 0.0827. The summed E-state index contributed by atoms with van der Waals surface area (Å²) in [5.41, 5.74) is 1.46. The molecular weight excluding hydrogens is 232 g/mol. The summed E-state index contributed by atoms with van der Waals surface area (Å²) in [5, 5.41) is 3.67. The fraction of sp³-hybridized carbons (Fsp3) is 0.647. The van der Waals surface area contributed by atoms with E-state index in [0.29, 0.717) is 6.04 Å². The Labute approximate surface area is 117 Å². The molecule has 3 rings (SSSR count). The molecule has 1 saturated heterocycles. The molecule has 2 aliphatic rings. The highest BCUT2D eigenvalue weighted by Crippen LogP contribution is 2.31. The maximum absolute atomic E-state index is 3.67. The number of nitrogens with one attached hydrogen (secondary N) is 1. The van der Waals surface area contributed by atoms with Gasteiger partial charge in [0.2, 0.25) is 0 Å². The Bertz CT molecular complexity index is 390. The van der Waals surface area contributed by atoms with Crippen LogP contribution in [0.1, 0.15) is 38.2 Å². The van der Waals surface area contributed by atoms with Crippen molar-refractivity contribution in [2.45, 2.75) is 51.2 Å². The standard InChI is InChI=1S/C17H26N2/c1-14-11-18-12-16-9-5-6-10-17(16)19(14)13-15-7-3-2-4-8-15/h2-4,7-8,14,16-18H,5-6,9-13H2,1H3. The summed E-state index contributed by atoms with van der Waals surface area (Å²) in [5.74, 6) is 0.863. The topological polar surface area (TPSA) is 15.3 Å². The zero-order chi connectivity index (χ0) is 13.1. The van der Waals surface area contributed by atoms with Crippen LogP contribution in [0.3, 0.4) is 0 Å². The van der Waals surface area contributed by atoms with Crippen molar-refractivity contribution in [1.29, 1.82) is 0 Å². The number of hydrogen-bond donors (Lipinski definition) is 1. The van der Waals surface area contributed by atoms with Gasteiger partial charge in [-0.05, 0) is 37.8 Å². The van der Waals surface area contributed by atoms with E-state index >= 15 is 0 Å². The summed E-state index contributed by atoms with van der Waals surface area (Å²) in [6, 6.07) is 12.4. The molecule has 0 amide bonds. The fourth-order valence-electron chi connectivity index (χ4n) is 3.85. The molecule has 3 atom stereocenters. The summed E-state index contributed by atoms with van der Waals surface area (Å²) in [7, 11) is 0. The van der Waals surface area contributed by atoms with Crippen LogP contribution in [0.15, 0.2) is 30.3 Å². The Kier molecular flexibility index (Phi) is 4.19. The summed E-state index contributed by atoms with van der Waals surface area (Å²) in [4.78, 5) is 2.76. The SMILES string of the molecule is CC1CNCC2CCCCC2N1Cc1ccccc1. The average molecular weight is 258 g/mol. The molecular formula is C17H26N2. The predicted molar refractivity (Wildman–Crippen MR) is 80.1 cm³/mol. The second-order valence-electron chi connectivity index (χ2n) is 6.28. The smallest absolute Gasteiger partial charge is 0.0240 e. The Hall–Kier alpha value is -0.860. The predicted octanol–water partition coefficient (Wildman–Crippen LogP) is 3.04. The molecule has 2 nitrogen and oxygen atoms in total. The van der Waals surface area contributed by atoms with Crippen molar-refractivity contribution >= 4 is 0 Å². The number of nitrogens with zero attached hydrogens (tertiary/aromatic N) is 1. The van der Waals surface area contributed by atoms with Crippen LogP contribution in [-0.2, 0) is 6.54 Å².